The molecule has 0 spiro atoms. The van der Waals surface area contributed by atoms with Gasteiger partial charge < -0.3 is 19.2 Å². The van der Waals surface area contributed by atoms with E-state index in [-0.39, 0.29) is 11.7 Å². The van der Waals surface area contributed by atoms with Gasteiger partial charge in [-0.2, -0.15) is 0 Å². The smallest absolute Gasteiger partial charge is 0.277 e. The molecule has 0 saturated heterocycles. The average Bonchev–Trinajstić information content (AvgIpc) is 3.17. The van der Waals surface area contributed by atoms with Gasteiger partial charge in [0.2, 0.25) is 11.8 Å². The van der Waals surface area contributed by atoms with Crippen LogP contribution >= 0.6 is 23.4 Å². The fraction of sp³-hybridized carbons (Fsp3) is 0.167. The van der Waals surface area contributed by atoms with Gasteiger partial charge in [0, 0.05) is 16.3 Å². The Morgan fingerprint density at radius 3 is 2.67 bits per heavy atom. The number of aromatic nitrogens is 2. The lowest BCUT2D eigenvalue weighted by Crippen LogP contribution is -2.15. The van der Waals surface area contributed by atoms with E-state index in [0.29, 0.717) is 46.5 Å². The highest BCUT2D eigenvalue weighted by molar-refractivity contribution is 7.99. The molecule has 2 aromatic carbocycles. The van der Waals surface area contributed by atoms with Crippen LogP contribution in [0.1, 0.15) is 0 Å². The van der Waals surface area contributed by atoms with E-state index < -0.39 is 0 Å². The SMILES string of the molecule is O=C(CSc1nnc(-c2ccc3c(c2)OCCO3)o1)Nc1ccc(Cl)cc1. The van der Waals surface area contributed by atoms with Crippen molar-refractivity contribution in [3.05, 3.63) is 47.5 Å². The molecule has 0 unspecified atom stereocenters. The third-order valence-corrected chi connectivity index (χ3v) is 4.72. The molecule has 4 rings (SSSR count). The number of ether oxygens (including phenoxy) is 2. The molecule has 0 saturated carbocycles. The Morgan fingerprint density at radius 1 is 1.07 bits per heavy atom. The van der Waals surface area contributed by atoms with Gasteiger partial charge in [-0.25, -0.2) is 0 Å². The van der Waals surface area contributed by atoms with E-state index in [1.54, 1.807) is 36.4 Å². The van der Waals surface area contributed by atoms with Crippen LogP contribution in [0.5, 0.6) is 11.5 Å². The van der Waals surface area contributed by atoms with Crippen molar-refractivity contribution in [3.8, 4) is 23.0 Å². The Morgan fingerprint density at radius 2 is 1.85 bits per heavy atom. The van der Waals surface area contributed by atoms with Crippen molar-refractivity contribution in [1.29, 1.82) is 0 Å². The number of anilines is 1. The monoisotopic (exact) mass is 403 g/mol. The number of hydrogen-bond donors (Lipinski definition) is 1. The van der Waals surface area contributed by atoms with Crippen molar-refractivity contribution in [3.63, 3.8) is 0 Å². The maximum atomic E-state index is 12.0. The van der Waals surface area contributed by atoms with E-state index >= 15 is 0 Å². The highest BCUT2D eigenvalue weighted by Crippen LogP contribution is 2.34. The quantitative estimate of drug-likeness (QED) is 0.646. The molecule has 1 aliphatic rings. The molecule has 0 fully saturated rings. The summed E-state index contributed by atoms with van der Waals surface area (Å²) in [5.74, 6) is 1.66. The molecule has 0 atom stereocenters. The van der Waals surface area contributed by atoms with Crippen LogP contribution in [0.3, 0.4) is 0 Å². The summed E-state index contributed by atoms with van der Waals surface area (Å²) in [5.41, 5.74) is 1.40. The van der Waals surface area contributed by atoms with Gasteiger partial charge in [0.15, 0.2) is 11.5 Å². The van der Waals surface area contributed by atoms with Gasteiger partial charge in [0.1, 0.15) is 13.2 Å². The van der Waals surface area contributed by atoms with Gasteiger partial charge >= 0.3 is 0 Å². The zero-order valence-electron chi connectivity index (χ0n) is 14.0. The first kappa shape index (κ1) is 17.7. The Balaban J connectivity index is 1.36. The maximum Gasteiger partial charge on any atom is 0.277 e. The van der Waals surface area contributed by atoms with Gasteiger partial charge in [-0.15, -0.1) is 10.2 Å². The number of rotatable bonds is 5. The normalized spacial score (nSPS) is 12.6. The topological polar surface area (TPSA) is 86.5 Å². The minimum Gasteiger partial charge on any atom is -0.486 e. The summed E-state index contributed by atoms with van der Waals surface area (Å²) in [6, 6.07) is 12.3. The second kappa shape index (κ2) is 7.89. The Kier molecular flexibility index (Phi) is 5.17. The van der Waals surface area contributed by atoms with Crippen molar-refractivity contribution in [2.24, 2.45) is 0 Å². The molecule has 7 nitrogen and oxygen atoms in total. The summed E-state index contributed by atoms with van der Waals surface area (Å²) < 4.78 is 16.7. The minimum absolute atomic E-state index is 0.144. The van der Waals surface area contributed by atoms with Crippen LogP contribution in [-0.2, 0) is 4.79 Å². The van der Waals surface area contributed by atoms with Crippen LogP contribution in [0.4, 0.5) is 5.69 Å². The molecule has 0 radical (unpaired) electrons. The molecule has 0 bridgehead atoms. The zero-order chi connectivity index (χ0) is 18.6. The highest BCUT2D eigenvalue weighted by Gasteiger charge is 2.16. The largest absolute Gasteiger partial charge is 0.486 e. The lowest BCUT2D eigenvalue weighted by atomic mass is 10.2. The average molecular weight is 404 g/mol. The van der Waals surface area contributed by atoms with E-state index in [9.17, 15) is 4.79 Å². The summed E-state index contributed by atoms with van der Waals surface area (Å²) in [7, 11) is 0. The van der Waals surface area contributed by atoms with Gasteiger partial charge in [0.25, 0.3) is 5.22 Å². The second-order valence-electron chi connectivity index (χ2n) is 5.58. The van der Waals surface area contributed by atoms with Crippen LogP contribution in [0.2, 0.25) is 5.02 Å². The molecule has 1 aromatic heterocycles. The number of thioether (sulfide) groups is 1. The Labute approximate surface area is 164 Å². The van der Waals surface area contributed by atoms with E-state index in [2.05, 4.69) is 15.5 Å². The van der Waals surface area contributed by atoms with Crippen LogP contribution in [-0.4, -0.2) is 35.1 Å². The molecular weight excluding hydrogens is 390 g/mol. The summed E-state index contributed by atoms with van der Waals surface area (Å²) in [6.07, 6.45) is 0. The number of carbonyl (C=O) groups excluding carboxylic acids is 1. The van der Waals surface area contributed by atoms with Gasteiger partial charge in [-0.3, -0.25) is 4.79 Å². The van der Waals surface area contributed by atoms with Gasteiger partial charge in [-0.1, -0.05) is 23.4 Å². The molecule has 3 aromatic rings. The molecule has 1 amide bonds. The summed E-state index contributed by atoms with van der Waals surface area (Å²) in [6.45, 7) is 1.04. The molecule has 0 aliphatic carbocycles. The molecule has 1 aliphatic heterocycles. The van der Waals surface area contributed by atoms with Crippen LogP contribution < -0.4 is 14.8 Å². The van der Waals surface area contributed by atoms with Crippen molar-refractivity contribution in [2.75, 3.05) is 24.3 Å². The summed E-state index contributed by atoms with van der Waals surface area (Å²) in [5, 5.41) is 11.7. The lowest BCUT2D eigenvalue weighted by molar-refractivity contribution is -0.113. The number of fused-ring (bicyclic) bond motifs is 1. The number of halogens is 1. The number of nitrogens with one attached hydrogen (secondary N) is 1. The highest BCUT2D eigenvalue weighted by atomic mass is 35.5. The molecule has 27 heavy (non-hydrogen) atoms. The molecule has 9 heteroatoms. The lowest BCUT2D eigenvalue weighted by Gasteiger charge is -2.18. The zero-order valence-corrected chi connectivity index (χ0v) is 15.5. The first-order valence-electron chi connectivity index (χ1n) is 8.09. The van der Waals surface area contributed by atoms with Crippen molar-refractivity contribution in [1.82, 2.24) is 10.2 Å². The van der Waals surface area contributed by atoms with E-state index in [1.165, 1.54) is 0 Å². The fourth-order valence-corrected chi connectivity index (χ4v) is 3.11. The first-order chi connectivity index (χ1) is 13.2. The molecule has 2 heterocycles. The standard InChI is InChI=1S/C18H14ClN3O4S/c19-12-2-4-13(5-3-12)20-16(23)10-27-18-22-21-17(26-18)11-1-6-14-15(9-11)25-8-7-24-14/h1-6,9H,7-8,10H2,(H,20,23). The van der Waals surface area contributed by atoms with Gasteiger partial charge in [0.05, 0.1) is 5.75 Å². The van der Waals surface area contributed by atoms with E-state index in [0.717, 1.165) is 17.3 Å². The van der Waals surface area contributed by atoms with Crippen molar-refractivity contribution in [2.45, 2.75) is 5.22 Å². The van der Waals surface area contributed by atoms with Gasteiger partial charge in [-0.05, 0) is 42.5 Å². The number of amides is 1. The number of carbonyl (C=O) groups is 1. The van der Waals surface area contributed by atoms with E-state index in [1.807, 2.05) is 6.07 Å². The Hall–Kier alpha value is -2.71. The van der Waals surface area contributed by atoms with Crippen LogP contribution in [0.25, 0.3) is 11.5 Å². The molecule has 138 valence electrons. The third kappa shape index (κ3) is 4.35. The second-order valence-corrected chi connectivity index (χ2v) is 6.94. The predicted molar refractivity (Wildman–Crippen MR) is 102 cm³/mol. The molecule has 1 N–H and O–H groups in total. The van der Waals surface area contributed by atoms with Crippen LogP contribution in [0.15, 0.2) is 52.1 Å². The van der Waals surface area contributed by atoms with Crippen molar-refractivity contribution < 1.29 is 18.7 Å². The van der Waals surface area contributed by atoms with Crippen molar-refractivity contribution >= 4 is 35.0 Å². The number of benzene rings is 2. The summed E-state index contributed by atoms with van der Waals surface area (Å²) in [4.78, 5) is 12.0. The molecular formula is C18H14ClN3O4S. The minimum atomic E-state index is -0.179. The third-order valence-electron chi connectivity index (χ3n) is 3.65. The fourth-order valence-electron chi connectivity index (χ4n) is 2.42. The first-order valence-corrected chi connectivity index (χ1v) is 9.45. The maximum absolute atomic E-state index is 12.0. The summed E-state index contributed by atoms with van der Waals surface area (Å²) >= 11 is 6.98. The Bertz CT molecular complexity index is 961. The predicted octanol–water partition coefficient (Wildman–Crippen LogP) is 3.89. The van der Waals surface area contributed by atoms with Crippen LogP contribution in [0, 0.1) is 0 Å². The van der Waals surface area contributed by atoms with E-state index in [4.69, 9.17) is 25.5 Å². The number of nitrogens with zero attached hydrogens (tertiary/aromatic N) is 2. The number of hydrogen-bond acceptors (Lipinski definition) is 7.